The van der Waals surface area contributed by atoms with E-state index < -0.39 is 6.10 Å². The summed E-state index contributed by atoms with van der Waals surface area (Å²) < 4.78 is 5.48. The van der Waals surface area contributed by atoms with Gasteiger partial charge in [0, 0.05) is 18.8 Å². The summed E-state index contributed by atoms with van der Waals surface area (Å²) in [5.41, 5.74) is 2.44. The molecule has 1 saturated carbocycles. The fourth-order valence-electron chi connectivity index (χ4n) is 2.12. The van der Waals surface area contributed by atoms with Gasteiger partial charge in [-0.05, 0) is 49.3 Å². The molecule has 3 nitrogen and oxygen atoms in total. The second kappa shape index (κ2) is 8.28. The molecule has 0 aromatic heterocycles. The average Bonchev–Trinajstić information content (AvgIpc) is 3.28. The molecule has 0 saturated heterocycles. The Kier molecular flexibility index (Phi) is 6.34. The zero-order valence-electron chi connectivity index (χ0n) is 12.5. The van der Waals surface area contributed by atoms with Gasteiger partial charge in [-0.3, -0.25) is 0 Å². The predicted octanol–water partition coefficient (Wildman–Crippen LogP) is 3.23. The maximum atomic E-state index is 9.83. The maximum Gasteiger partial charge on any atom is 0.0945 e. The number of anilines is 1. The Labute approximate surface area is 122 Å². The molecule has 20 heavy (non-hydrogen) atoms. The Hall–Kier alpha value is -1.06. The number of ether oxygens (including phenoxy) is 1. The molecule has 0 bridgehead atoms. The van der Waals surface area contributed by atoms with Gasteiger partial charge < -0.3 is 15.2 Å². The summed E-state index contributed by atoms with van der Waals surface area (Å²) in [4.78, 5) is 0. The van der Waals surface area contributed by atoms with Crippen LogP contribution in [0.3, 0.4) is 0 Å². The summed E-state index contributed by atoms with van der Waals surface area (Å²) >= 11 is 0. The van der Waals surface area contributed by atoms with Gasteiger partial charge in [0.25, 0.3) is 0 Å². The second-order valence-electron chi connectivity index (χ2n) is 5.82. The zero-order valence-corrected chi connectivity index (χ0v) is 12.5. The van der Waals surface area contributed by atoms with E-state index in [1.807, 2.05) is 0 Å². The Morgan fingerprint density at radius 1 is 1.30 bits per heavy atom. The smallest absolute Gasteiger partial charge is 0.0945 e. The van der Waals surface area contributed by atoms with Crippen LogP contribution >= 0.6 is 0 Å². The van der Waals surface area contributed by atoms with E-state index in [0.29, 0.717) is 13.2 Å². The first-order chi connectivity index (χ1) is 9.78. The van der Waals surface area contributed by atoms with Crippen molar-refractivity contribution in [2.45, 2.75) is 45.1 Å². The minimum atomic E-state index is -0.437. The van der Waals surface area contributed by atoms with Gasteiger partial charge in [0.15, 0.2) is 0 Å². The molecule has 0 radical (unpaired) electrons. The van der Waals surface area contributed by atoms with Crippen molar-refractivity contribution < 1.29 is 9.84 Å². The van der Waals surface area contributed by atoms with E-state index in [2.05, 4.69) is 36.5 Å². The first-order valence-corrected chi connectivity index (χ1v) is 7.86. The van der Waals surface area contributed by atoms with Gasteiger partial charge in [-0.2, -0.15) is 0 Å². The van der Waals surface area contributed by atoms with Crippen LogP contribution in [-0.4, -0.2) is 31.0 Å². The van der Waals surface area contributed by atoms with Crippen molar-refractivity contribution in [1.29, 1.82) is 0 Å². The minimum absolute atomic E-state index is 0.429. The van der Waals surface area contributed by atoms with Crippen molar-refractivity contribution in [3.63, 3.8) is 0 Å². The van der Waals surface area contributed by atoms with Gasteiger partial charge in [0.05, 0.1) is 12.7 Å². The van der Waals surface area contributed by atoms with Crippen LogP contribution in [0.1, 0.15) is 38.2 Å². The molecule has 2 N–H and O–H groups in total. The summed E-state index contributed by atoms with van der Waals surface area (Å²) in [6, 6.07) is 8.49. The third kappa shape index (κ3) is 5.93. The lowest BCUT2D eigenvalue weighted by Gasteiger charge is -2.13. The zero-order chi connectivity index (χ0) is 14.2. The number of unbranched alkanes of at least 4 members (excludes halogenated alkanes) is 1. The van der Waals surface area contributed by atoms with E-state index in [-0.39, 0.29) is 0 Å². The standard InChI is InChI=1S/C17H27NO2/c1-2-3-4-14-7-9-16(10-8-14)18-11-17(19)13-20-12-15-5-6-15/h7-10,15,17-19H,2-6,11-13H2,1H3. The first kappa shape index (κ1) is 15.3. The molecule has 0 aliphatic heterocycles. The van der Waals surface area contributed by atoms with Crippen LogP contribution in [0.4, 0.5) is 5.69 Å². The van der Waals surface area contributed by atoms with Crippen LogP contribution in [0.15, 0.2) is 24.3 Å². The quantitative estimate of drug-likeness (QED) is 0.690. The van der Waals surface area contributed by atoms with Gasteiger partial charge in [0.1, 0.15) is 0 Å². The maximum absolute atomic E-state index is 9.83. The molecule has 1 aliphatic carbocycles. The van der Waals surface area contributed by atoms with E-state index in [4.69, 9.17) is 4.74 Å². The molecule has 112 valence electrons. The highest BCUT2D eigenvalue weighted by molar-refractivity contribution is 5.44. The number of aliphatic hydroxyl groups excluding tert-OH is 1. The molecular weight excluding hydrogens is 250 g/mol. The average molecular weight is 277 g/mol. The topological polar surface area (TPSA) is 41.5 Å². The number of aliphatic hydroxyl groups is 1. The molecule has 0 heterocycles. The molecule has 1 aromatic carbocycles. The van der Waals surface area contributed by atoms with Gasteiger partial charge in [-0.1, -0.05) is 25.5 Å². The molecule has 0 amide bonds. The van der Waals surface area contributed by atoms with Crippen molar-refractivity contribution in [3.8, 4) is 0 Å². The van der Waals surface area contributed by atoms with Crippen molar-refractivity contribution in [3.05, 3.63) is 29.8 Å². The SMILES string of the molecule is CCCCc1ccc(NCC(O)COCC2CC2)cc1. The molecular formula is C17H27NO2. The fourth-order valence-corrected chi connectivity index (χ4v) is 2.12. The van der Waals surface area contributed by atoms with E-state index in [0.717, 1.165) is 24.6 Å². The van der Waals surface area contributed by atoms with Crippen LogP contribution in [0, 0.1) is 5.92 Å². The Morgan fingerprint density at radius 2 is 2.05 bits per heavy atom. The van der Waals surface area contributed by atoms with E-state index >= 15 is 0 Å². The lowest BCUT2D eigenvalue weighted by atomic mass is 10.1. The number of benzene rings is 1. The fraction of sp³-hybridized carbons (Fsp3) is 0.647. The second-order valence-corrected chi connectivity index (χ2v) is 5.82. The van der Waals surface area contributed by atoms with E-state index in [1.54, 1.807) is 0 Å². The van der Waals surface area contributed by atoms with Gasteiger partial charge >= 0.3 is 0 Å². The van der Waals surface area contributed by atoms with Gasteiger partial charge in [-0.15, -0.1) is 0 Å². The highest BCUT2D eigenvalue weighted by Gasteiger charge is 2.21. The molecule has 1 aromatic rings. The third-order valence-corrected chi connectivity index (χ3v) is 3.68. The van der Waals surface area contributed by atoms with Crippen LogP contribution in [0.25, 0.3) is 0 Å². The lowest BCUT2D eigenvalue weighted by Crippen LogP contribution is -2.25. The van der Waals surface area contributed by atoms with Gasteiger partial charge in [0.2, 0.25) is 0 Å². The predicted molar refractivity (Wildman–Crippen MR) is 83.1 cm³/mol. The van der Waals surface area contributed by atoms with Crippen molar-refractivity contribution in [1.82, 2.24) is 0 Å². The summed E-state index contributed by atoms with van der Waals surface area (Å²) in [6.45, 7) is 3.99. The number of hydrogen-bond acceptors (Lipinski definition) is 3. The monoisotopic (exact) mass is 277 g/mol. The number of hydrogen-bond donors (Lipinski definition) is 2. The molecule has 2 rings (SSSR count). The molecule has 1 fully saturated rings. The van der Waals surface area contributed by atoms with Crippen molar-refractivity contribution in [2.75, 3.05) is 25.1 Å². The van der Waals surface area contributed by atoms with Crippen molar-refractivity contribution in [2.24, 2.45) is 5.92 Å². The summed E-state index contributed by atoms with van der Waals surface area (Å²) in [5, 5.41) is 13.1. The molecule has 1 unspecified atom stereocenters. The summed E-state index contributed by atoms with van der Waals surface area (Å²) in [6.07, 6.45) is 5.76. The highest BCUT2D eigenvalue weighted by Crippen LogP contribution is 2.28. The molecule has 1 aliphatic rings. The third-order valence-electron chi connectivity index (χ3n) is 3.68. The first-order valence-electron chi connectivity index (χ1n) is 7.86. The largest absolute Gasteiger partial charge is 0.389 e. The number of nitrogens with one attached hydrogen (secondary N) is 1. The van der Waals surface area contributed by atoms with Crippen molar-refractivity contribution >= 4 is 5.69 Å². The van der Waals surface area contributed by atoms with Crippen LogP contribution in [0.5, 0.6) is 0 Å². The molecule has 0 spiro atoms. The number of aryl methyl sites for hydroxylation is 1. The Bertz CT molecular complexity index is 373. The van der Waals surface area contributed by atoms with Crippen LogP contribution in [0.2, 0.25) is 0 Å². The summed E-state index contributed by atoms with van der Waals surface area (Å²) in [7, 11) is 0. The molecule has 1 atom stereocenters. The lowest BCUT2D eigenvalue weighted by molar-refractivity contribution is 0.0386. The van der Waals surface area contributed by atoms with Crippen LogP contribution in [-0.2, 0) is 11.2 Å². The Morgan fingerprint density at radius 3 is 2.70 bits per heavy atom. The number of rotatable bonds is 10. The Balaban J connectivity index is 1.61. The van der Waals surface area contributed by atoms with E-state index in [9.17, 15) is 5.11 Å². The minimum Gasteiger partial charge on any atom is -0.389 e. The van der Waals surface area contributed by atoms with E-state index in [1.165, 1.54) is 31.2 Å². The normalized spacial score (nSPS) is 16.1. The van der Waals surface area contributed by atoms with Crippen LogP contribution < -0.4 is 5.32 Å². The summed E-state index contributed by atoms with van der Waals surface area (Å²) in [5.74, 6) is 0.755. The highest BCUT2D eigenvalue weighted by atomic mass is 16.5. The molecule has 3 heteroatoms. The van der Waals surface area contributed by atoms with Gasteiger partial charge in [-0.25, -0.2) is 0 Å².